The fourth-order valence-electron chi connectivity index (χ4n) is 2.21. The molecule has 4 heteroatoms. The number of nitrogen functional groups attached to an aromatic ring is 1. The third kappa shape index (κ3) is 2.64. The second-order valence-corrected chi connectivity index (χ2v) is 4.93. The van der Waals surface area contributed by atoms with Crippen LogP contribution in [0.15, 0.2) is 18.2 Å². The summed E-state index contributed by atoms with van der Waals surface area (Å²) in [4.78, 5) is 6.80. The molecule has 0 aliphatic carbocycles. The average Bonchev–Trinajstić information content (AvgIpc) is 2.29. The Morgan fingerprint density at radius 3 is 2.29 bits per heavy atom. The van der Waals surface area contributed by atoms with E-state index in [9.17, 15) is 0 Å². The van der Waals surface area contributed by atoms with Gasteiger partial charge in [-0.25, -0.2) is 0 Å². The van der Waals surface area contributed by atoms with Crippen LogP contribution in [0.25, 0.3) is 0 Å². The molecule has 1 aromatic rings. The monoisotopic (exact) mass is 234 g/mol. The van der Waals surface area contributed by atoms with E-state index in [-0.39, 0.29) is 0 Å². The molecule has 1 aromatic carbocycles. The average molecular weight is 234 g/mol. The van der Waals surface area contributed by atoms with Gasteiger partial charge in [0.25, 0.3) is 0 Å². The minimum Gasteiger partial charge on any atom is -0.397 e. The molecule has 2 N–H and O–H groups in total. The van der Waals surface area contributed by atoms with Crippen LogP contribution in [-0.4, -0.2) is 52.2 Å². The zero-order chi connectivity index (χ0) is 12.4. The number of anilines is 3. The lowest BCUT2D eigenvalue weighted by Crippen LogP contribution is -2.44. The first-order chi connectivity index (χ1) is 8.08. The number of nitrogens with two attached hydrogens (primary N) is 1. The molecule has 1 heterocycles. The predicted molar refractivity (Wildman–Crippen MR) is 74.9 cm³/mol. The first-order valence-electron chi connectivity index (χ1n) is 6.08. The molecule has 1 aliphatic heterocycles. The van der Waals surface area contributed by atoms with E-state index in [4.69, 9.17) is 5.73 Å². The van der Waals surface area contributed by atoms with Gasteiger partial charge in [0.2, 0.25) is 0 Å². The van der Waals surface area contributed by atoms with Gasteiger partial charge < -0.3 is 20.4 Å². The molecule has 0 unspecified atom stereocenters. The molecule has 1 fully saturated rings. The molecule has 0 atom stereocenters. The number of benzene rings is 1. The normalized spacial score (nSPS) is 17.2. The van der Waals surface area contributed by atoms with Crippen LogP contribution in [0.1, 0.15) is 0 Å². The highest BCUT2D eigenvalue weighted by molar-refractivity contribution is 5.72. The van der Waals surface area contributed by atoms with E-state index in [1.165, 1.54) is 5.69 Å². The van der Waals surface area contributed by atoms with Crippen molar-refractivity contribution in [1.82, 2.24) is 4.90 Å². The van der Waals surface area contributed by atoms with Gasteiger partial charge in [-0.2, -0.15) is 0 Å². The lowest BCUT2D eigenvalue weighted by Gasteiger charge is -2.34. The highest BCUT2D eigenvalue weighted by Crippen LogP contribution is 2.27. The minimum atomic E-state index is 0.853. The molecule has 4 nitrogen and oxygen atoms in total. The van der Waals surface area contributed by atoms with Crippen molar-refractivity contribution in [1.29, 1.82) is 0 Å². The van der Waals surface area contributed by atoms with Crippen LogP contribution in [0.5, 0.6) is 0 Å². The molecule has 94 valence electrons. The summed E-state index contributed by atoms with van der Waals surface area (Å²) < 4.78 is 0. The van der Waals surface area contributed by atoms with Crippen molar-refractivity contribution in [3.63, 3.8) is 0 Å². The quantitative estimate of drug-likeness (QED) is 0.777. The van der Waals surface area contributed by atoms with Crippen LogP contribution >= 0.6 is 0 Å². The highest BCUT2D eigenvalue weighted by Gasteiger charge is 2.15. The second kappa shape index (κ2) is 4.84. The molecule has 1 saturated heterocycles. The molecule has 0 aromatic heterocycles. The Kier molecular flexibility index (Phi) is 3.43. The van der Waals surface area contributed by atoms with Gasteiger partial charge in [-0.1, -0.05) is 0 Å². The Bertz CT molecular complexity index is 381. The number of hydrogen-bond acceptors (Lipinski definition) is 4. The fourth-order valence-corrected chi connectivity index (χ4v) is 2.21. The first kappa shape index (κ1) is 12.0. The zero-order valence-corrected chi connectivity index (χ0v) is 11.0. The van der Waals surface area contributed by atoms with Gasteiger partial charge in [0.15, 0.2) is 0 Å². The molecular formula is C13H22N4. The van der Waals surface area contributed by atoms with Crippen molar-refractivity contribution in [3.8, 4) is 0 Å². The van der Waals surface area contributed by atoms with E-state index in [0.29, 0.717) is 0 Å². The van der Waals surface area contributed by atoms with Gasteiger partial charge in [0, 0.05) is 46.0 Å². The first-order valence-corrected chi connectivity index (χ1v) is 6.08. The topological polar surface area (TPSA) is 35.7 Å². The molecule has 1 aliphatic rings. The van der Waals surface area contributed by atoms with Crippen molar-refractivity contribution >= 4 is 17.1 Å². The maximum atomic E-state index is 6.08. The number of piperazine rings is 1. The van der Waals surface area contributed by atoms with Gasteiger partial charge in [-0.3, -0.25) is 0 Å². The summed E-state index contributed by atoms with van der Waals surface area (Å²) in [6.07, 6.45) is 0. The van der Waals surface area contributed by atoms with Crippen molar-refractivity contribution in [2.24, 2.45) is 0 Å². The van der Waals surface area contributed by atoms with Crippen LogP contribution in [-0.2, 0) is 0 Å². The maximum absolute atomic E-state index is 6.08. The van der Waals surface area contributed by atoms with Crippen molar-refractivity contribution in [2.45, 2.75) is 0 Å². The Labute approximate surface area is 104 Å². The van der Waals surface area contributed by atoms with Crippen LogP contribution in [0.2, 0.25) is 0 Å². The van der Waals surface area contributed by atoms with E-state index in [1.807, 2.05) is 19.0 Å². The standard InChI is InChI=1S/C13H22N4/c1-15(2)13-5-4-11(10-12(13)14)17-8-6-16(3)7-9-17/h4-5,10H,6-9,14H2,1-3H3. The number of likely N-dealkylation sites (N-methyl/N-ethyl adjacent to an activating group) is 1. The summed E-state index contributed by atoms with van der Waals surface area (Å²) in [6, 6.07) is 6.35. The maximum Gasteiger partial charge on any atom is 0.0596 e. The van der Waals surface area contributed by atoms with Crippen molar-refractivity contribution in [3.05, 3.63) is 18.2 Å². The van der Waals surface area contributed by atoms with Gasteiger partial charge in [0.05, 0.1) is 11.4 Å². The number of nitrogens with zero attached hydrogens (tertiary/aromatic N) is 3. The van der Waals surface area contributed by atoms with Gasteiger partial charge in [-0.05, 0) is 25.2 Å². The molecule has 0 bridgehead atoms. The van der Waals surface area contributed by atoms with E-state index >= 15 is 0 Å². The second-order valence-electron chi connectivity index (χ2n) is 4.93. The van der Waals surface area contributed by atoms with E-state index in [0.717, 1.165) is 37.6 Å². The third-order valence-corrected chi connectivity index (χ3v) is 3.36. The van der Waals surface area contributed by atoms with Gasteiger partial charge in [0.1, 0.15) is 0 Å². The molecular weight excluding hydrogens is 212 g/mol. The van der Waals surface area contributed by atoms with Crippen molar-refractivity contribution in [2.75, 3.05) is 62.9 Å². The molecule has 0 spiro atoms. The number of hydrogen-bond donors (Lipinski definition) is 1. The van der Waals surface area contributed by atoms with Crippen LogP contribution < -0.4 is 15.5 Å². The largest absolute Gasteiger partial charge is 0.397 e. The SMILES string of the molecule is CN1CCN(c2ccc(N(C)C)c(N)c2)CC1. The Hall–Kier alpha value is -1.42. The lowest BCUT2D eigenvalue weighted by atomic mass is 10.2. The van der Waals surface area contributed by atoms with Gasteiger partial charge in [-0.15, -0.1) is 0 Å². The molecule has 2 rings (SSSR count). The summed E-state index contributed by atoms with van der Waals surface area (Å²) in [6.45, 7) is 4.40. The highest BCUT2D eigenvalue weighted by atomic mass is 15.2. The summed E-state index contributed by atoms with van der Waals surface area (Å²) >= 11 is 0. The summed E-state index contributed by atoms with van der Waals surface area (Å²) in [5, 5.41) is 0. The van der Waals surface area contributed by atoms with Crippen molar-refractivity contribution < 1.29 is 0 Å². The molecule has 17 heavy (non-hydrogen) atoms. The fraction of sp³-hybridized carbons (Fsp3) is 0.538. The van der Waals surface area contributed by atoms with Crippen LogP contribution in [0.4, 0.5) is 17.1 Å². The van der Waals surface area contributed by atoms with Gasteiger partial charge >= 0.3 is 0 Å². The van der Waals surface area contributed by atoms with E-state index in [2.05, 4.69) is 35.0 Å². The summed E-state index contributed by atoms with van der Waals surface area (Å²) in [7, 11) is 6.20. The summed E-state index contributed by atoms with van der Waals surface area (Å²) in [5.41, 5.74) is 9.25. The zero-order valence-electron chi connectivity index (χ0n) is 11.0. The summed E-state index contributed by atoms with van der Waals surface area (Å²) in [5.74, 6) is 0. The smallest absolute Gasteiger partial charge is 0.0596 e. The Morgan fingerprint density at radius 2 is 1.76 bits per heavy atom. The predicted octanol–water partition coefficient (Wildman–Crippen LogP) is 1.09. The molecule has 0 saturated carbocycles. The Morgan fingerprint density at radius 1 is 1.12 bits per heavy atom. The van der Waals surface area contributed by atoms with Crippen LogP contribution in [0.3, 0.4) is 0 Å². The van der Waals surface area contributed by atoms with Crippen LogP contribution in [0, 0.1) is 0 Å². The Balaban J connectivity index is 2.14. The number of rotatable bonds is 2. The lowest BCUT2D eigenvalue weighted by molar-refractivity contribution is 0.313. The molecule has 0 radical (unpaired) electrons. The molecule has 0 amide bonds. The van der Waals surface area contributed by atoms with E-state index in [1.54, 1.807) is 0 Å². The third-order valence-electron chi connectivity index (χ3n) is 3.36. The van der Waals surface area contributed by atoms with E-state index < -0.39 is 0 Å². The minimum absolute atomic E-state index is 0.853.